The molecule has 30 heavy (non-hydrogen) atoms. The van der Waals surface area contributed by atoms with Crippen LogP contribution in [0.2, 0.25) is 5.22 Å². The second-order valence-electron chi connectivity index (χ2n) is 6.41. The third-order valence-corrected chi connectivity index (χ3v) is 4.50. The van der Waals surface area contributed by atoms with Gasteiger partial charge in [-0.2, -0.15) is 13.9 Å². The van der Waals surface area contributed by atoms with Crippen molar-refractivity contribution < 1.29 is 27.9 Å². The summed E-state index contributed by atoms with van der Waals surface area (Å²) in [5.41, 5.74) is 5.79. The van der Waals surface area contributed by atoms with Gasteiger partial charge >= 0.3 is 6.55 Å². The fourth-order valence-corrected chi connectivity index (χ4v) is 3.02. The van der Waals surface area contributed by atoms with E-state index >= 15 is 0 Å². The summed E-state index contributed by atoms with van der Waals surface area (Å²) in [7, 11) is 0. The largest absolute Gasteiger partial charge is 0.452 e. The highest BCUT2D eigenvalue weighted by Gasteiger charge is 2.29. The highest BCUT2D eigenvalue weighted by Crippen LogP contribution is 2.28. The van der Waals surface area contributed by atoms with E-state index < -0.39 is 30.5 Å². The maximum absolute atomic E-state index is 13.1. The monoisotopic (exact) mass is 438 g/mol. The molecule has 11 heteroatoms. The number of nitrogens with zero attached hydrogens (tertiary/aromatic N) is 2. The first kappa shape index (κ1) is 21.5. The number of carbonyl (C=O) groups is 2. The van der Waals surface area contributed by atoms with Gasteiger partial charge in [0.25, 0.3) is 5.91 Å². The second-order valence-corrected chi connectivity index (χ2v) is 6.78. The maximum atomic E-state index is 13.1. The summed E-state index contributed by atoms with van der Waals surface area (Å²) in [6, 6.07) is 8.96. The number of furan rings is 1. The lowest BCUT2D eigenvalue weighted by Crippen LogP contribution is -2.50. The molecule has 0 saturated carbocycles. The van der Waals surface area contributed by atoms with Crippen LogP contribution in [0.15, 0.2) is 53.3 Å². The minimum Gasteiger partial charge on any atom is -0.452 e. The number of primary amides is 1. The first-order chi connectivity index (χ1) is 14.3. The van der Waals surface area contributed by atoms with Crippen molar-refractivity contribution >= 4 is 23.4 Å². The molecule has 0 fully saturated rings. The molecule has 2 aromatic heterocycles. The fraction of sp³-hybridized carbons (Fsp3) is 0.211. The molecule has 3 rings (SSSR count). The molecular formula is C19H17ClF2N4O4. The third-order valence-electron chi connectivity index (χ3n) is 4.31. The number of aliphatic hydroxyl groups is 1. The standard InChI is InChI=1S/C19H17ClF2N4O4/c20-14-7-11(9-30-14)15-12(8-26(25-15)19(21)22)18(29)24-13(16(27)17(23)28)6-10-4-2-1-3-5-10/h1-5,7-9,13,16,19,27H,6H2,(H2,23,28)(H,24,29). The van der Waals surface area contributed by atoms with Crippen molar-refractivity contribution in [2.75, 3.05) is 0 Å². The lowest BCUT2D eigenvalue weighted by molar-refractivity contribution is -0.127. The molecule has 4 N–H and O–H groups in total. The number of alkyl halides is 2. The summed E-state index contributed by atoms with van der Waals surface area (Å²) >= 11 is 5.73. The molecular weight excluding hydrogens is 422 g/mol. The van der Waals surface area contributed by atoms with E-state index in [-0.39, 0.29) is 28.5 Å². The SMILES string of the molecule is NC(=O)C(O)C(Cc1ccccc1)NC(=O)c1cn(C(F)F)nc1-c1coc(Cl)c1. The Morgan fingerprint density at radius 1 is 1.30 bits per heavy atom. The summed E-state index contributed by atoms with van der Waals surface area (Å²) in [6.07, 6.45) is 0.391. The quantitative estimate of drug-likeness (QED) is 0.498. The smallest absolute Gasteiger partial charge is 0.333 e. The van der Waals surface area contributed by atoms with E-state index in [4.69, 9.17) is 21.8 Å². The molecule has 0 saturated heterocycles. The number of hydrogen-bond acceptors (Lipinski definition) is 5. The van der Waals surface area contributed by atoms with Gasteiger partial charge in [0.1, 0.15) is 12.0 Å². The molecule has 2 atom stereocenters. The van der Waals surface area contributed by atoms with E-state index in [0.29, 0.717) is 10.2 Å². The Bertz CT molecular complexity index is 1040. The predicted molar refractivity (Wildman–Crippen MR) is 103 cm³/mol. The highest BCUT2D eigenvalue weighted by atomic mass is 35.5. The normalized spacial score (nSPS) is 13.2. The first-order valence-electron chi connectivity index (χ1n) is 8.70. The van der Waals surface area contributed by atoms with Gasteiger partial charge < -0.3 is 20.6 Å². The summed E-state index contributed by atoms with van der Waals surface area (Å²) in [4.78, 5) is 24.4. The highest BCUT2D eigenvalue weighted by molar-refractivity contribution is 6.29. The molecule has 2 unspecified atom stereocenters. The lowest BCUT2D eigenvalue weighted by Gasteiger charge is -2.22. The van der Waals surface area contributed by atoms with Crippen molar-refractivity contribution in [1.82, 2.24) is 15.1 Å². The molecule has 0 spiro atoms. The van der Waals surface area contributed by atoms with Gasteiger partial charge in [-0.1, -0.05) is 30.3 Å². The summed E-state index contributed by atoms with van der Waals surface area (Å²) < 4.78 is 31.6. The summed E-state index contributed by atoms with van der Waals surface area (Å²) in [5.74, 6) is -1.88. The average molecular weight is 439 g/mol. The minimum atomic E-state index is -3.00. The Kier molecular flexibility index (Phi) is 6.48. The molecule has 2 heterocycles. The summed E-state index contributed by atoms with van der Waals surface area (Å²) in [5, 5.41) is 16.3. The fourth-order valence-electron chi connectivity index (χ4n) is 2.86. The maximum Gasteiger partial charge on any atom is 0.333 e. The Morgan fingerprint density at radius 3 is 2.57 bits per heavy atom. The van der Waals surface area contributed by atoms with E-state index in [1.165, 1.54) is 6.07 Å². The molecule has 0 radical (unpaired) electrons. The van der Waals surface area contributed by atoms with Crippen LogP contribution in [0, 0.1) is 0 Å². The Labute approximate surface area is 174 Å². The van der Waals surface area contributed by atoms with Crippen LogP contribution < -0.4 is 11.1 Å². The van der Waals surface area contributed by atoms with Crippen molar-refractivity contribution in [1.29, 1.82) is 0 Å². The van der Waals surface area contributed by atoms with Crippen molar-refractivity contribution in [3.05, 3.63) is 65.2 Å². The zero-order valence-electron chi connectivity index (χ0n) is 15.3. The van der Waals surface area contributed by atoms with Gasteiger partial charge in [-0.15, -0.1) is 0 Å². The minimum absolute atomic E-state index is 0.0194. The number of aromatic nitrogens is 2. The zero-order chi connectivity index (χ0) is 21.8. The molecule has 3 aromatic rings. The van der Waals surface area contributed by atoms with Crippen molar-refractivity contribution in [2.45, 2.75) is 25.1 Å². The van der Waals surface area contributed by atoms with Gasteiger partial charge in [0.15, 0.2) is 11.3 Å². The van der Waals surface area contributed by atoms with Gasteiger partial charge in [0.2, 0.25) is 5.91 Å². The van der Waals surface area contributed by atoms with Crippen LogP contribution in [0.4, 0.5) is 8.78 Å². The van der Waals surface area contributed by atoms with E-state index in [0.717, 1.165) is 12.5 Å². The molecule has 0 aliphatic heterocycles. The second kappa shape index (κ2) is 9.06. The third kappa shape index (κ3) is 4.84. The molecule has 0 aliphatic carbocycles. The van der Waals surface area contributed by atoms with Crippen molar-refractivity contribution in [3.63, 3.8) is 0 Å². The Morgan fingerprint density at radius 2 is 2.00 bits per heavy atom. The molecule has 8 nitrogen and oxygen atoms in total. The zero-order valence-corrected chi connectivity index (χ0v) is 16.1. The van der Waals surface area contributed by atoms with Gasteiger partial charge in [-0.05, 0) is 23.6 Å². The Balaban J connectivity index is 1.92. The first-order valence-corrected chi connectivity index (χ1v) is 9.08. The van der Waals surface area contributed by atoms with Crippen molar-refractivity contribution in [2.24, 2.45) is 5.73 Å². The number of nitrogens with one attached hydrogen (secondary N) is 1. The predicted octanol–water partition coefficient (Wildman–Crippen LogP) is 2.38. The van der Waals surface area contributed by atoms with Gasteiger partial charge in [0.05, 0.1) is 11.6 Å². The van der Waals surface area contributed by atoms with E-state index in [9.17, 15) is 23.5 Å². The number of amides is 2. The van der Waals surface area contributed by atoms with Gasteiger partial charge in [0, 0.05) is 17.8 Å². The van der Waals surface area contributed by atoms with Crippen LogP contribution in [0.25, 0.3) is 11.3 Å². The number of carbonyl (C=O) groups excluding carboxylic acids is 2. The Hall–Kier alpha value is -3.24. The van der Waals surface area contributed by atoms with E-state index in [1.54, 1.807) is 30.3 Å². The average Bonchev–Trinajstić information content (AvgIpc) is 3.34. The topological polar surface area (TPSA) is 123 Å². The van der Waals surface area contributed by atoms with Gasteiger partial charge in [-0.25, -0.2) is 4.68 Å². The van der Waals surface area contributed by atoms with Crippen LogP contribution in [-0.2, 0) is 11.2 Å². The van der Waals surface area contributed by atoms with Crippen LogP contribution in [0.1, 0.15) is 22.5 Å². The molecule has 0 aliphatic rings. The number of hydrogen-bond donors (Lipinski definition) is 3. The van der Waals surface area contributed by atoms with Crippen LogP contribution >= 0.6 is 11.6 Å². The summed E-state index contributed by atoms with van der Waals surface area (Å²) in [6.45, 7) is -3.00. The van der Waals surface area contributed by atoms with Crippen LogP contribution in [0.3, 0.4) is 0 Å². The molecule has 2 amide bonds. The van der Waals surface area contributed by atoms with E-state index in [1.807, 2.05) is 0 Å². The van der Waals surface area contributed by atoms with Crippen molar-refractivity contribution in [3.8, 4) is 11.3 Å². The number of nitrogens with two attached hydrogens (primary N) is 1. The number of halogens is 3. The lowest BCUT2D eigenvalue weighted by atomic mass is 10.00. The van der Waals surface area contributed by atoms with E-state index in [2.05, 4.69) is 10.4 Å². The molecule has 158 valence electrons. The molecule has 0 bridgehead atoms. The molecule has 1 aromatic carbocycles. The number of rotatable bonds is 8. The number of benzene rings is 1. The van der Waals surface area contributed by atoms with Gasteiger partial charge in [-0.3, -0.25) is 9.59 Å². The number of aliphatic hydroxyl groups excluding tert-OH is 1. The van der Waals surface area contributed by atoms with Crippen LogP contribution in [-0.4, -0.2) is 38.8 Å². The van der Waals surface area contributed by atoms with Crippen LogP contribution in [0.5, 0.6) is 0 Å².